The summed E-state index contributed by atoms with van der Waals surface area (Å²) in [5.41, 5.74) is 1.35. The number of nitrogens with one attached hydrogen (secondary N) is 1. The van der Waals surface area contributed by atoms with Crippen molar-refractivity contribution >= 4 is 11.6 Å². The van der Waals surface area contributed by atoms with Gasteiger partial charge in [-0.2, -0.15) is 0 Å². The Kier molecular flexibility index (Phi) is 6.11. The minimum atomic E-state index is -0.471. The van der Waals surface area contributed by atoms with Crippen LogP contribution in [0.4, 0.5) is 10.1 Å². The number of ether oxygens (including phenoxy) is 2. The second kappa shape index (κ2) is 8.29. The minimum absolute atomic E-state index is 0.150. The van der Waals surface area contributed by atoms with Crippen LogP contribution in [-0.2, 0) is 11.3 Å². The van der Waals surface area contributed by atoms with E-state index in [0.29, 0.717) is 24.5 Å². The standard InChI is InChI=1S/C18H20FNO3/c1-3-10-23-12-14-11-13(8-9-17(14)22-2)18(21)20-16-7-5-4-6-15(16)19/h4-9,11H,3,10,12H2,1-2H3,(H,20,21). The number of amides is 1. The second-order valence-corrected chi connectivity index (χ2v) is 5.01. The van der Waals surface area contributed by atoms with Crippen molar-refractivity contribution in [2.24, 2.45) is 0 Å². The molecular weight excluding hydrogens is 297 g/mol. The van der Waals surface area contributed by atoms with Gasteiger partial charge in [0.05, 0.1) is 19.4 Å². The third-order valence-corrected chi connectivity index (χ3v) is 3.27. The summed E-state index contributed by atoms with van der Waals surface area (Å²) in [6, 6.07) is 11.1. The van der Waals surface area contributed by atoms with Crippen LogP contribution >= 0.6 is 0 Å². The molecule has 0 aliphatic heterocycles. The minimum Gasteiger partial charge on any atom is -0.496 e. The molecule has 1 amide bonds. The van der Waals surface area contributed by atoms with E-state index in [2.05, 4.69) is 5.32 Å². The summed E-state index contributed by atoms with van der Waals surface area (Å²) in [6.07, 6.45) is 0.912. The van der Waals surface area contributed by atoms with Crippen LogP contribution in [0.15, 0.2) is 42.5 Å². The quantitative estimate of drug-likeness (QED) is 0.785. The first-order valence-electron chi connectivity index (χ1n) is 7.46. The smallest absolute Gasteiger partial charge is 0.255 e. The fraction of sp³-hybridized carbons (Fsp3) is 0.278. The van der Waals surface area contributed by atoms with Crippen molar-refractivity contribution in [1.82, 2.24) is 0 Å². The lowest BCUT2D eigenvalue weighted by atomic mass is 10.1. The Labute approximate surface area is 135 Å². The first kappa shape index (κ1) is 17.0. The van der Waals surface area contributed by atoms with Crippen LogP contribution in [0.2, 0.25) is 0 Å². The van der Waals surface area contributed by atoms with Crippen LogP contribution in [-0.4, -0.2) is 19.6 Å². The summed E-state index contributed by atoms with van der Waals surface area (Å²) >= 11 is 0. The first-order valence-corrected chi connectivity index (χ1v) is 7.46. The number of carbonyl (C=O) groups is 1. The van der Waals surface area contributed by atoms with Gasteiger partial charge in [0.1, 0.15) is 11.6 Å². The molecule has 5 heteroatoms. The average molecular weight is 317 g/mol. The van der Waals surface area contributed by atoms with Gasteiger partial charge in [-0.3, -0.25) is 4.79 Å². The van der Waals surface area contributed by atoms with Crippen molar-refractivity contribution in [3.8, 4) is 5.75 Å². The maximum Gasteiger partial charge on any atom is 0.255 e. The molecule has 1 N–H and O–H groups in total. The Morgan fingerprint density at radius 3 is 2.70 bits per heavy atom. The van der Waals surface area contributed by atoms with Gasteiger partial charge in [0, 0.05) is 17.7 Å². The summed E-state index contributed by atoms with van der Waals surface area (Å²) in [6.45, 7) is 3.02. The molecule has 0 radical (unpaired) electrons. The lowest BCUT2D eigenvalue weighted by molar-refractivity contribution is 0.102. The Hall–Kier alpha value is -2.40. The van der Waals surface area contributed by atoms with Gasteiger partial charge in [0.15, 0.2) is 0 Å². The molecule has 0 saturated heterocycles. The van der Waals surface area contributed by atoms with Gasteiger partial charge in [0.2, 0.25) is 0 Å². The molecule has 0 aliphatic carbocycles. The topological polar surface area (TPSA) is 47.6 Å². The van der Waals surface area contributed by atoms with E-state index in [1.807, 2.05) is 6.92 Å². The Morgan fingerprint density at radius 1 is 1.22 bits per heavy atom. The summed E-state index contributed by atoms with van der Waals surface area (Å²) < 4.78 is 24.4. The van der Waals surface area contributed by atoms with Crippen molar-refractivity contribution in [2.45, 2.75) is 20.0 Å². The van der Waals surface area contributed by atoms with E-state index in [9.17, 15) is 9.18 Å². The zero-order valence-electron chi connectivity index (χ0n) is 13.3. The number of rotatable bonds is 7. The van der Waals surface area contributed by atoms with Gasteiger partial charge in [0.25, 0.3) is 5.91 Å². The zero-order valence-corrected chi connectivity index (χ0v) is 13.3. The lowest BCUT2D eigenvalue weighted by Crippen LogP contribution is -2.13. The van der Waals surface area contributed by atoms with Crippen LogP contribution in [0.5, 0.6) is 5.75 Å². The van der Waals surface area contributed by atoms with E-state index in [0.717, 1.165) is 12.0 Å². The van der Waals surface area contributed by atoms with Crippen molar-refractivity contribution in [1.29, 1.82) is 0 Å². The highest BCUT2D eigenvalue weighted by molar-refractivity contribution is 6.04. The number of methoxy groups -OCH3 is 1. The molecule has 4 nitrogen and oxygen atoms in total. The van der Waals surface area contributed by atoms with E-state index in [4.69, 9.17) is 9.47 Å². The molecule has 0 heterocycles. The zero-order chi connectivity index (χ0) is 16.7. The summed E-state index contributed by atoms with van der Waals surface area (Å²) in [5, 5.41) is 2.56. The molecule has 122 valence electrons. The predicted octanol–water partition coefficient (Wildman–Crippen LogP) is 4.01. The molecule has 0 unspecified atom stereocenters. The van der Waals surface area contributed by atoms with E-state index >= 15 is 0 Å². The van der Waals surface area contributed by atoms with E-state index in [1.165, 1.54) is 12.1 Å². The third-order valence-electron chi connectivity index (χ3n) is 3.27. The number of hydrogen-bond donors (Lipinski definition) is 1. The predicted molar refractivity (Wildman–Crippen MR) is 87.3 cm³/mol. The van der Waals surface area contributed by atoms with Crippen LogP contribution in [0.25, 0.3) is 0 Å². The molecule has 0 saturated carbocycles. The van der Waals surface area contributed by atoms with Crippen LogP contribution in [0.3, 0.4) is 0 Å². The highest BCUT2D eigenvalue weighted by Crippen LogP contribution is 2.22. The average Bonchev–Trinajstić information content (AvgIpc) is 2.57. The molecule has 0 bridgehead atoms. The van der Waals surface area contributed by atoms with Crippen LogP contribution < -0.4 is 10.1 Å². The maximum absolute atomic E-state index is 13.6. The molecule has 23 heavy (non-hydrogen) atoms. The van der Waals surface area contributed by atoms with Gasteiger partial charge < -0.3 is 14.8 Å². The third kappa shape index (κ3) is 4.53. The molecule has 0 aliphatic rings. The molecule has 0 aromatic heterocycles. The number of benzene rings is 2. The van der Waals surface area contributed by atoms with Gasteiger partial charge in [-0.05, 0) is 36.8 Å². The largest absolute Gasteiger partial charge is 0.496 e. The normalized spacial score (nSPS) is 10.4. The number of carbonyl (C=O) groups excluding carboxylic acids is 1. The molecule has 0 spiro atoms. The molecule has 2 aromatic rings. The van der Waals surface area contributed by atoms with Gasteiger partial charge in [-0.25, -0.2) is 4.39 Å². The Balaban J connectivity index is 2.16. The second-order valence-electron chi connectivity index (χ2n) is 5.01. The van der Waals surface area contributed by atoms with Crippen molar-refractivity contribution in [3.63, 3.8) is 0 Å². The van der Waals surface area contributed by atoms with Crippen molar-refractivity contribution in [2.75, 3.05) is 19.0 Å². The number of halogens is 1. The first-order chi connectivity index (χ1) is 11.2. The monoisotopic (exact) mass is 317 g/mol. The van der Waals surface area contributed by atoms with Gasteiger partial charge in [-0.15, -0.1) is 0 Å². The number of para-hydroxylation sites is 1. The molecule has 0 fully saturated rings. The van der Waals surface area contributed by atoms with Crippen LogP contribution in [0, 0.1) is 5.82 Å². The fourth-order valence-electron chi connectivity index (χ4n) is 2.12. The molecular formula is C18H20FNO3. The van der Waals surface area contributed by atoms with Crippen molar-refractivity contribution in [3.05, 3.63) is 59.4 Å². The lowest BCUT2D eigenvalue weighted by Gasteiger charge is -2.12. The van der Waals surface area contributed by atoms with Crippen molar-refractivity contribution < 1.29 is 18.7 Å². The van der Waals surface area contributed by atoms with E-state index in [1.54, 1.807) is 37.4 Å². The molecule has 0 atom stereocenters. The number of hydrogen-bond acceptors (Lipinski definition) is 3. The molecule has 2 aromatic carbocycles. The highest BCUT2D eigenvalue weighted by atomic mass is 19.1. The summed E-state index contributed by atoms with van der Waals surface area (Å²) in [4.78, 5) is 12.3. The summed E-state index contributed by atoms with van der Waals surface area (Å²) in [7, 11) is 1.57. The SMILES string of the molecule is CCCOCc1cc(C(=O)Nc2ccccc2F)ccc1OC. The van der Waals surface area contributed by atoms with Crippen LogP contribution in [0.1, 0.15) is 29.3 Å². The fourth-order valence-corrected chi connectivity index (χ4v) is 2.12. The van der Waals surface area contributed by atoms with Gasteiger partial charge >= 0.3 is 0 Å². The van der Waals surface area contributed by atoms with Gasteiger partial charge in [-0.1, -0.05) is 19.1 Å². The molecule has 2 rings (SSSR count). The van der Waals surface area contributed by atoms with E-state index in [-0.39, 0.29) is 11.6 Å². The number of anilines is 1. The highest BCUT2D eigenvalue weighted by Gasteiger charge is 2.12. The Morgan fingerprint density at radius 2 is 2.00 bits per heavy atom. The van der Waals surface area contributed by atoms with E-state index < -0.39 is 5.82 Å². The Bertz CT molecular complexity index is 673. The summed E-state index contributed by atoms with van der Waals surface area (Å²) in [5.74, 6) is -0.195. The maximum atomic E-state index is 13.6.